The molecule has 0 radical (unpaired) electrons. The predicted octanol–water partition coefficient (Wildman–Crippen LogP) is 1.84. The monoisotopic (exact) mass is 331 g/mol. The van der Waals surface area contributed by atoms with Gasteiger partial charge in [0, 0.05) is 18.7 Å². The zero-order chi connectivity index (χ0) is 15.7. The highest BCUT2D eigenvalue weighted by Gasteiger charge is 2.09. The number of hydrogen-bond acceptors (Lipinski definition) is 3. The van der Waals surface area contributed by atoms with E-state index >= 15 is 0 Å². The second-order valence-corrected chi connectivity index (χ2v) is 5.23. The fraction of sp³-hybridized carbons (Fsp3) is 0.429. The molecule has 2 amide bonds. The van der Waals surface area contributed by atoms with Gasteiger partial charge in [0.25, 0.3) is 5.91 Å². The fourth-order valence-electron chi connectivity index (χ4n) is 1.55. The number of halogens is 2. The molecule has 0 atom stereocenters. The van der Waals surface area contributed by atoms with Gasteiger partial charge in [-0.05, 0) is 31.2 Å². The first-order chi connectivity index (χ1) is 10.0. The van der Waals surface area contributed by atoms with Gasteiger partial charge in [0.15, 0.2) is 0 Å². The Kier molecular flexibility index (Phi) is 8.12. The molecule has 0 saturated heterocycles. The number of rotatable bonds is 8. The fourth-order valence-corrected chi connectivity index (χ4v) is 1.85. The summed E-state index contributed by atoms with van der Waals surface area (Å²) in [5.74, 6) is -0.602. The molecule has 7 heteroatoms. The molecule has 0 aliphatic rings. The van der Waals surface area contributed by atoms with Gasteiger partial charge in [-0.2, -0.15) is 0 Å². The largest absolute Gasteiger partial charge is 0.353 e. The average Bonchev–Trinajstić information content (AvgIpc) is 2.47. The second-order valence-electron chi connectivity index (χ2n) is 4.41. The van der Waals surface area contributed by atoms with Gasteiger partial charge >= 0.3 is 0 Å². The average molecular weight is 332 g/mol. The molecule has 21 heavy (non-hydrogen) atoms. The molecule has 0 heterocycles. The van der Waals surface area contributed by atoms with E-state index in [0.29, 0.717) is 28.7 Å². The van der Waals surface area contributed by atoms with Crippen LogP contribution in [0.3, 0.4) is 0 Å². The van der Waals surface area contributed by atoms with E-state index < -0.39 is 0 Å². The molecule has 0 fully saturated rings. The lowest BCUT2D eigenvalue weighted by Gasteiger charge is -2.08. The van der Waals surface area contributed by atoms with Crippen molar-refractivity contribution in [3.8, 4) is 0 Å². The quantitative estimate of drug-likeness (QED) is 0.636. The molecule has 5 nitrogen and oxygen atoms in total. The highest BCUT2D eigenvalue weighted by atomic mass is 35.5. The number of carbonyl (C=O) groups excluding carboxylic acids is 2. The Balaban J connectivity index is 2.29. The van der Waals surface area contributed by atoms with Crippen molar-refractivity contribution in [2.75, 3.05) is 26.2 Å². The van der Waals surface area contributed by atoms with Crippen molar-refractivity contribution in [3.05, 3.63) is 33.8 Å². The Bertz CT molecular complexity index is 495. The minimum Gasteiger partial charge on any atom is -0.353 e. The lowest BCUT2D eigenvalue weighted by molar-refractivity contribution is -0.120. The predicted molar refractivity (Wildman–Crippen MR) is 85.0 cm³/mol. The van der Waals surface area contributed by atoms with Crippen LogP contribution in [-0.2, 0) is 4.79 Å². The maximum absolute atomic E-state index is 11.8. The summed E-state index contributed by atoms with van der Waals surface area (Å²) in [6.45, 7) is 4.16. The Hall–Kier alpha value is -1.30. The minimum atomic E-state index is -0.368. The number of carbonyl (C=O) groups is 2. The zero-order valence-electron chi connectivity index (χ0n) is 11.8. The lowest BCUT2D eigenvalue weighted by Crippen LogP contribution is -2.39. The smallest absolute Gasteiger partial charge is 0.251 e. The minimum absolute atomic E-state index is 0.0765. The number of benzene rings is 1. The first-order valence-electron chi connectivity index (χ1n) is 6.75. The van der Waals surface area contributed by atoms with Crippen LogP contribution in [-0.4, -0.2) is 38.0 Å². The van der Waals surface area contributed by atoms with Crippen LogP contribution in [0, 0.1) is 0 Å². The van der Waals surface area contributed by atoms with Crippen LogP contribution in [0.25, 0.3) is 0 Å². The number of amides is 2. The van der Waals surface area contributed by atoms with E-state index in [1.54, 1.807) is 6.07 Å². The summed E-state index contributed by atoms with van der Waals surface area (Å²) < 4.78 is 0. The van der Waals surface area contributed by atoms with E-state index in [9.17, 15) is 9.59 Å². The Morgan fingerprint density at radius 3 is 2.48 bits per heavy atom. The molecular weight excluding hydrogens is 313 g/mol. The van der Waals surface area contributed by atoms with Crippen molar-refractivity contribution in [2.24, 2.45) is 0 Å². The summed E-state index contributed by atoms with van der Waals surface area (Å²) in [5, 5.41) is 9.08. The van der Waals surface area contributed by atoms with Crippen molar-refractivity contribution in [1.82, 2.24) is 16.0 Å². The van der Waals surface area contributed by atoms with Gasteiger partial charge in [-0.1, -0.05) is 30.1 Å². The van der Waals surface area contributed by atoms with E-state index in [4.69, 9.17) is 23.2 Å². The van der Waals surface area contributed by atoms with Gasteiger partial charge in [0.2, 0.25) is 5.91 Å². The van der Waals surface area contributed by atoms with Gasteiger partial charge in [-0.15, -0.1) is 0 Å². The topological polar surface area (TPSA) is 70.2 Å². The molecule has 116 valence electrons. The molecule has 1 aromatic carbocycles. The van der Waals surface area contributed by atoms with E-state index in [2.05, 4.69) is 22.9 Å². The SMILES string of the molecule is CCCNCCNC(=O)CNC(=O)c1ccc(Cl)c(Cl)c1. The summed E-state index contributed by atoms with van der Waals surface area (Å²) in [6.07, 6.45) is 1.05. The van der Waals surface area contributed by atoms with E-state index in [0.717, 1.165) is 13.0 Å². The van der Waals surface area contributed by atoms with Crippen LogP contribution >= 0.6 is 23.2 Å². The standard InChI is InChI=1S/C14H19Cl2N3O2/c1-2-5-17-6-7-18-13(20)9-19-14(21)10-3-4-11(15)12(16)8-10/h3-4,8,17H,2,5-7,9H2,1H3,(H,18,20)(H,19,21). The summed E-state index contributed by atoms with van der Waals surface area (Å²) in [4.78, 5) is 23.4. The summed E-state index contributed by atoms with van der Waals surface area (Å²) in [6, 6.07) is 4.56. The van der Waals surface area contributed by atoms with Gasteiger partial charge < -0.3 is 16.0 Å². The highest BCUT2D eigenvalue weighted by molar-refractivity contribution is 6.42. The second kappa shape index (κ2) is 9.60. The van der Waals surface area contributed by atoms with Crippen LogP contribution in [0.5, 0.6) is 0 Å². The third-order valence-corrected chi connectivity index (χ3v) is 3.38. The molecule has 0 aromatic heterocycles. The molecule has 0 spiro atoms. The molecule has 1 aromatic rings. The molecule has 3 N–H and O–H groups in total. The maximum atomic E-state index is 11.8. The van der Waals surface area contributed by atoms with Crippen molar-refractivity contribution in [1.29, 1.82) is 0 Å². The molecule has 0 unspecified atom stereocenters. The third-order valence-electron chi connectivity index (χ3n) is 2.64. The van der Waals surface area contributed by atoms with E-state index in [1.807, 2.05) is 0 Å². The molecule has 0 saturated carbocycles. The maximum Gasteiger partial charge on any atom is 0.251 e. The van der Waals surface area contributed by atoms with Crippen molar-refractivity contribution in [3.63, 3.8) is 0 Å². The lowest BCUT2D eigenvalue weighted by atomic mass is 10.2. The van der Waals surface area contributed by atoms with Crippen molar-refractivity contribution >= 4 is 35.0 Å². The van der Waals surface area contributed by atoms with E-state index in [1.165, 1.54) is 12.1 Å². The molecule has 0 aliphatic heterocycles. The van der Waals surface area contributed by atoms with Gasteiger partial charge in [-0.3, -0.25) is 9.59 Å². The van der Waals surface area contributed by atoms with Crippen LogP contribution < -0.4 is 16.0 Å². The zero-order valence-corrected chi connectivity index (χ0v) is 13.4. The van der Waals surface area contributed by atoms with Crippen LogP contribution in [0.4, 0.5) is 0 Å². The molecule has 0 bridgehead atoms. The Labute approximate surface area is 134 Å². The summed E-state index contributed by atoms with van der Waals surface area (Å²) >= 11 is 11.6. The summed E-state index contributed by atoms with van der Waals surface area (Å²) in [7, 11) is 0. The number of nitrogens with one attached hydrogen (secondary N) is 3. The normalized spacial score (nSPS) is 10.2. The number of hydrogen-bond donors (Lipinski definition) is 3. The van der Waals surface area contributed by atoms with Gasteiger partial charge in [0.1, 0.15) is 0 Å². The van der Waals surface area contributed by atoms with Crippen molar-refractivity contribution in [2.45, 2.75) is 13.3 Å². The van der Waals surface area contributed by atoms with Gasteiger partial charge in [0.05, 0.1) is 16.6 Å². The summed E-state index contributed by atoms with van der Waals surface area (Å²) in [5.41, 5.74) is 0.363. The van der Waals surface area contributed by atoms with Crippen LogP contribution in [0.15, 0.2) is 18.2 Å². The van der Waals surface area contributed by atoms with Gasteiger partial charge in [-0.25, -0.2) is 0 Å². The Morgan fingerprint density at radius 2 is 1.81 bits per heavy atom. The first-order valence-corrected chi connectivity index (χ1v) is 7.51. The Morgan fingerprint density at radius 1 is 1.05 bits per heavy atom. The molecular formula is C14H19Cl2N3O2. The highest BCUT2D eigenvalue weighted by Crippen LogP contribution is 2.22. The van der Waals surface area contributed by atoms with Crippen molar-refractivity contribution < 1.29 is 9.59 Å². The first kappa shape index (κ1) is 17.8. The molecule has 0 aliphatic carbocycles. The third kappa shape index (κ3) is 6.80. The molecule has 1 rings (SSSR count). The van der Waals surface area contributed by atoms with Crippen LogP contribution in [0.2, 0.25) is 10.0 Å². The van der Waals surface area contributed by atoms with E-state index in [-0.39, 0.29) is 18.4 Å². The van der Waals surface area contributed by atoms with Crippen LogP contribution in [0.1, 0.15) is 23.7 Å².